The van der Waals surface area contributed by atoms with Crippen LogP contribution in [-0.4, -0.2) is 45.9 Å². The molecule has 4 rings (SSSR count). The van der Waals surface area contributed by atoms with Crippen LogP contribution in [0.4, 0.5) is 10.1 Å². The average Bonchev–Trinajstić information content (AvgIpc) is 2.98. The van der Waals surface area contributed by atoms with Crippen LogP contribution in [-0.2, 0) is 11.3 Å². The quantitative estimate of drug-likeness (QED) is 0.678. The van der Waals surface area contributed by atoms with Crippen LogP contribution in [0.25, 0.3) is 10.2 Å². The van der Waals surface area contributed by atoms with Crippen LogP contribution in [0.15, 0.2) is 35.1 Å². The molecule has 0 atom stereocenters. The van der Waals surface area contributed by atoms with E-state index < -0.39 is 0 Å². The zero-order chi connectivity index (χ0) is 19.8. The number of piperazine rings is 1. The van der Waals surface area contributed by atoms with Gasteiger partial charge in [-0.15, -0.1) is 0 Å². The molecule has 6 nitrogen and oxygen atoms in total. The number of rotatable bonds is 3. The third-order valence-electron chi connectivity index (χ3n) is 5.05. The number of anilines is 1. The molecule has 28 heavy (non-hydrogen) atoms. The summed E-state index contributed by atoms with van der Waals surface area (Å²) in [5, 5.41) is 0.601. The van der Waals surface area contributed by atoms with Gasteiger partial charge in [-0.3, -0.25) is 13.5 Å². The van der Waals surface area contributed by atoms with E-state index in [1.54, 1.807) is 17.0 Å². The molecule has 0 N–H and O–H groups in total. The maximum atomic E-state index is 13.1. The van der Waals surface area contributed by atoms with Gasteiger partial charge in [0.1, 0.15) is 17.2 Å². The van der Waals surface area contributed by atoms with Crippen molar-refractivity contribution < 1.29 is 9.18 Å². The molecule has 1 fully saturated rings. The molecule has 1 saturated heterocycles. The first-order valence-corrected chi connectivity index (χ1v) is 9.96. The summed E-state index contributed by atoms with van der Waals surface area (Å²) in [4.78, 5) is 34.4. The van der Waals surface area contributed by atoms with E-state index in [-0.39, 0.29) is 23.8 Å². The summed E-state index contributed by atoms with van der Waals surface area (Å²) in [6.07, 6.45) is 0. The number of hydrogen-bond donors (Lipinski definition) is 0. The molecule has 1 aromatic carbocycles. The highest BCUT2D eigenvalue weighted by atomic mass is 32.1. The monoisotopic (exact) mass is 400 g/mol. The maximum Gasteiger partial charge on any atom is 0.270 e. The van der Waals surface area contributed by atoms with Gasteiger partial charge in [0.25, 0.3) is 5.56 Å². The van der Waals surface area contributed by atoms with Gasteiger partial charge in [-0.05, 0) is 61.3 Å². The van der Waals surface area contributed by atoms with Crippen molar-refractivity contribution in [3.8, 4) is 0 Å². The summed E-state index contributed by atoms with van der Waals surface area (Å²) in [5.41, 5.74) is 2.55. The first kappa shape index (κ1) is 18.6. The fourth-order valence-corrected chi connectivity index (χ4v) is 4.67. The standard InChI is InChI=1S/C20H21FN4O2S/c1-13-11-14(2)22-19-18(13)20(27)25(28-19)12-17(26)24-9-7-23(8-10-24)16-5-3-15(21)4-6-16/h3-6,11H,7-10,12H2,1-2H3. The predicted molar refractivity (Wildman–Crippen MR) is 109 cm³/mol. The number of hydrogen-bond acceptors (Lipinski definition) is 5. The molecule has 1 aliphatic rings. The summed E-state index contributed by atoms with van der Waals surface area (Å²) in [5.74, 6) is -0.326. The minimum atomic E-state index is -0.258. The van der Waals surface area contributed by atoms with E-state index in [0.29, 0.717) is 36.4 Å². The highest BCUT2D eigenvalue weighted by Gasteiger charge is 2.23. The van der Waals surface area contributed by atoms with Gasteiger partial charge in [0.05, 0.1) is 5.39 Å². The lowest BCUT2D eigenvalue weighted by atomic mass is 10.2. The van der Waals surface area contributed by atoms with E-state index in [9.17, 15) is 14.0 Å². The van der Waals surface area contributed by atoms with E-state index in [4.69, 9.17) is 0 Å². The van der Waals surface area contributed by atoms with Gasteiger partial charge >= 0.3 is 0 Å². The van der Waals surface area contributed by atoms with Crippen LogP contribution in [0.1, 0.15) is 11.3 Å². The molecule has 1 aliphatic heterocycles. The zero-order valence-corrected chi connectivity index (χ0v) is 16.6. The van der Waals surface area contributed by atoms with Crippen LogP contribution >= 0.6 is 11.5 Å². The van der Waals surface area contributed by atoms with Gasteiger partial charge in [0.15, 0.2) is 0 Å². The first-order chi connectivity index (χ1) is 13.4. The normalized spacial score (nSPS) is 14.7. The van der Waals surface area contributed by atoms with Crippen molar-refractivity contribution in [1.82, 2.24) is 13.8 Å². The van der Waals surface area contributed by atoms with Crippen molar-refractivity contribution in [2.24, 2.45) is 0 Å². The highest BCUT2D eigenvalue weighted by molar-refractivity contribution is 7.13. The van der Waals surface area contributed by atoms with E-state index in [1.807, 2.05) is 19.9 Å². The van der Waals surface area contributed by atoms with Crippen molar-refractivity contribution in [2.45, 2.75) is 20.4 Å². The van der Waals surface area contributed by atoms with Crippen molar-refractivity contribution in [2.75, 3.05) is 31.1 Å². The molecule has 2 aromatic heterocycles. The molecular weight excluding hydrogens is 379 g/mol. The zero-order valence-electron chi connectivity index (χ0n) is 15.8. The molecule has 0 aliphatic carbocycles. The lowest BCUT2D eigenvalue weighted by Crippen LogP contribution is -2.49. The third kappa shape index (κ3) is 3.52. The second-order valence-electron chi connectivity index (χ2n) is 7.04. The number of carbonyl (C=O) groups excluding carboxylic acids is 1. The largest absolute Gasteiger partial charge is 0.368 e. The fourth-order valence-electron chi connectivity index (χ4n) is 3.59. The Labute approximate surface area is 166 Å². The smallest absolute Gasteiger partial charge is 0.270 e. The van der Waals surface area contributed by atoms with Crippen molar-refractivity contribution in [3.05, 3.63) is 57.8 Å². The van der Waals surface area contributed by atoms with E-state index in [2.05, 4.69) is 9.88 Å². The molecule has 0 saturated carbocycles. The molecule has 0 bridgehead atoms. The van der Waals surface area contributed by atoms with Crippen LogP contribution in [0, 0.1) is 19.7 Å². The Kier molecular flexibility index (Phi) is 4.89. The Morgan fingerprint density at radius 2 is 1.82 bits per heavy atom. The number of benzene rings is 1. The van der Waals surface area contributed by atoms with Crippen LogP contribution in [0.3, 0.4) is 0 Å². The van der Waals surface area contributed by atoms with E-state index in [0.717, 1.165) is 16.9 Å². The highest BCUT2D eigenvalue weighted by Crippen LogP contribution is 2.20. The molecule has 1 amide bonds. The second-order valence-corrected chi connectivity index (χ2v) is 8.05. The number of nitrogens with zero attached hydrogens (tertiary/aromatic N) is 4. The molecule has 0 spiro atoms. The molecule has 3 heterocycles. The van der Waals surface area contributed by atoms with Crippen LogP contribution < -0.4 is 10.5 Å². The number of fused-ring (bicyclic) bond motifs is 1. The Balaban J connectivity index is 1.44. The summed E-state index contributed by atoms with van der Waals surface area (Å²) < 4.78 is 14.6. The van der Waals surface area contributed by atoms with Crippen LogP contribution in [0.5, 0.6) is 0 Å². The predicted octanol–water partition coefficient (Wildman–Crippen LogP) is 2.56. The molecule has 3 aromatic rings. The number of pyridine rings is 1. The van der Waals surface area contributed by atoms with Gasteiger partial charge in [-0.1, -0.05) is 0 Å². The average molecular weight is 400 g/mol. The lowest BCUT2D eigenvalue weighted by Gasteiger charge is -2.36. The molecule has 0 unspecified atom stereocenters. The Bertz CT molecular complexity index is 1080. The minimum Gasteiger partial charge on any atom is -0.368 e. The molecule has 0 radical (unpaired) electrons. The number of halogens is 1. The van der Waals surface area contributed by atoms with E-state index in [1.165, 1.54) is 27.6 Å². The van der Waals surface area contributed by atoms with Gasteiger partial charge < -0.3 is 9.80 Å². The van der Waals surface area contributed by atoms with E-state index >= 15 is 0 Å². The van der Waals surface area contributed by atoms with Crippen molar-refractivity contribution >= 4 is 33.3 Å². The fraction of sp³-hybridized carbons (Fsp3) is 0.350. The summed E-state index contributed by atoms with van der Waals surface area (Å²) in [6.45, 7) is 6.34. The number of carbonyl (C=O) groups is 1. The van der Waals surface area contributed by atoms with Gasteiger partial charge in [0.2, 0.25) is 5.91 Å². The van der Waals surface area contributed by atoms with Crippen LogP contribution in [0.2, 0.25) is 0 Å². The second kappa shape index (κ2) is 7.35. The maximum absolute atomic E-state index is 13.1. The summed E-state index contributed by atoms with van der Waals surface area (Å²) >= 11 is 1.24. The van der Waals surface area contributed by atoms with Crippen molar-refractivity contribution in [1.29, 1.82) is 0 Å². The summed E-state index contributed by atoms with van der Waals surface area (Å²) in [7, 11) is 0. The third-order valence-corrected chi connectivity index (χ3v) is 6.04. The lowest BCUT2D eigenvalue weighted by molar-refractivity contribution is -0.132. The Morgan fingerprint density at radius 3 is 2.50 bits per heavy atom. The Hall–Kier alpha value is -2.74. The first-order valence-electron chi connectivity index (χ1n) is 9.19. The van der Waals surface area contributed by atoms with Gasteiger partial charge in [-0.2, -0.15) is 0 Å². The van der Waals surface area contributed by atoms with Crippen molar-refractivity contribution in [3.63, 3.8) is 0 Å². The van der Waals surface area contributed by atoms with Gasteiger partial charge in [-0.25, -0.2) is 9.37 Å². The number of amides is 1. The Morgan fingerprint density at radius 1 is 1.14 bits per heavy atom. The van der Waals surface area contributed by atoms with Gasteiger partial charge in [0, 0.05) is 37.6 Å². The SMILES string of the molecule is Cc1cc(C)c2c(=O)n(CC(=O)N3CCN(c4ccc(F)cc4)CC3)sc2n1. The number of aryl methyl sites for hydroxylation is 2. The number of aromatic nitrogens is 2. The molecular formula is C20H21FN4O2S. The summed E-state index contributed by atoms with van der Waals surface area (Å²) in [6, 6.07) is 8.27. The molecule has 8 heteroatoms. The minimum absolute atomic E-state index is 0.0366. The molecule has 146 valence electrons. The topological polar surface area (TPSA) is 58.4 Å².